The van der Waals surface area contributed by atoms with Gasteiger partial charge in [-0.25, -0.2) is 14.4 Å². The molecule has 0 saturated heterocycles. The summed E-state index contributed by atoms with van der Waals surface area (Å²) in [7, 11) is 5.28. The first-order chi connectivity index (χ1) is 20.8. The Morgan fingerprint density at radius 1 is 1.19 bits per heavy atom. The quantitative estimate of drug-likeness (QED) is 0.148. The second-order valence-electron chi connectivity index (χ2n) is 10.1. The summed E-state index contributed by atoms with van der Waals surface area (Å²) in [6.45, 7) is 4.68. The van der Waals surface area contributed by atoms with Gasteiger partial charge in [0.15, 0.2) is 5.82 Å². The van der Waals surface area contributed by atoms with E-state index < -0.39 is 5.69 Å². The second kappa shape index (κ2) is 12.7. The number of nitrogens with two attached hydrogens (primary N) is 1. The molecule has 4 aromatic rings. The van der Waals surface area contributed by atoms with E-state index in [1.807, 2.05) is 6.08 Å². The molecule has 0 spiro atoms. The van der Waals surface area contributed by atoms with Gasteiger partial charge in [0.05, 0.1) is 23.3 Å². The van der Waals surface area contributed by atoms with Crippen LogP contribution >= 0.6 is 0 Å². The van der Waals surface area contributed by atoms with Crippen LogP contribution in [0.2, 0.25) is 0 Å². The van der Waals surface area contributed by atoms with Crippen molar-refractivity contribution < 1.29 is 9.53 Å². The number of hydrogen-bond donors (Lipinski definition) is 2. The lowest BCUT2D eigenvalue weighted by Gasteiger charge is -2.17. The van der Waals surface area contributed by atoms with Gasteiger partial charge in [0.25, 0.3) is 0 Å². The van der Waals surface area contributed by atoms with Crippen molar-refractivity contribution in [1.82, 2.24) is 29.4 Å². The first-order valence-corrected chi connectivity index (χ1v) is 13.7. The monoisotopic (exact) mass is 582 g/mol. The van der Waals surface area contributed by atoms with Crippen molar-refractivity contribution in [2.45, 2.75) is 25.5 Å². The third-order valence-electron chi connectivity index (χ3n) is 7.25. The molecule has 13 heteroatoms. The molecular formula is C30H34N10O3. The number of imidazole rings is 1. The van der Waals surface area contributed by atoms with Crippen LogP contribution in [0.5, 0.6) is 5.75 Å². The largest absolute Gasteiger partial charge is 0.487 e. The number of amides is 1. The summed E-state index contributed by atoms with van der Waals surface area (Å²) < 4.78 is 8.60. The number of benzene rings is 2. The maximum absolute atomic E-state index is 14.0. The van der Waals surface area contributed by atoms with Gasteiger partial charge < -0.3 is 15.4 Å². The highest BCUT2D eigenvalue weighted by atomic mass is 16.5. The van der Waals surface area contributed by atoms with Crippen LogP contribution in [0, 0.1) is 0 Å². The van der Waals surface area contributed by atoms with Crippen molar-refractivity contribution in [3.05, 3.63) is 88.8 Å². The van der Waals surface area contributed by atoms with Gasteiger partial charge in [-0.1, -0.05) is 17.4 Å². The lowest BCUT2D eigenvalue weighted by molar-refractivity contribution is -0.113. The number of carbonyl (C=O) groups is 1. The first kappa shape index (κ1) is 29.2. The predicted octanol–water partition coefficient (Wildman–Crippen LogP) is 2.61. The fourth-order valence-corrected chi connectivity index (χ4v) is 4.65. The van der Waals surface area contributed by atoms with Gasteiger partial charge in [0.2, 0.25) is 5.91 Å². The zero-order valence-electron chi connectivity index (χ0n) is 24.3. The molecule has 2 heterocycles. The maximum Gasteiger partial charge on any atom is 0.339 e. The number of aliphatic imine (C=N–C) groups is 2. The predicted molar refractivity (Wildman–Crippen MR) is 166 cm³/mol. The Labute approximate surface area is 248 Å². The van der Waals surface area contributed by atoms with E-state index in [0.717, 1.165) is 5.69 Å². The Hall–Kier alpha value is -5.30. The fourth-order valence-electron chi connectivity index (χ4n) is 4.65. The number of ether oxygens (including phenoxy) is 1. The molecule has 0 bridgehead atoms. The third-order valence-corrected chi connectivity index (χ3v) is 7.25. The molecule has 3 N–H and O–H groups in total. The summed E-state index contributed by atoms with van der Waals surface area (Å²) >= 11 is 0. The molecule has 13 nitrogen and oxygen atoms in total. The van der Waals surface area contributed by atoms with E-state index in [2.05, 4.69) is 44.1 Å². The third kappa shape index (κ3) is 6.31. The Balaban J connectivity index is 1.46. The maximum atomic E-state index is 14.0. The number of likely N-dealkylation sites (N-methyl/N-ethyl adjacent to an activating group) is 2. The summed E-state index contributed by atoms with van der Waals surface area (Å²) in [4.78, 5) is 39.0. The molecule has 222 valence electrons. The van der Waals surface area contributed by atoms with Crippen molar-refractivity contribution in [2.75, 3.05) is 32.6 Å². The summed E-state index contributed by atoms with van der Waals surface area (Å²) in [5, 5.41) is 10.1. The van der Waals surface area contributed by atoms with E-state index in [9.17, 15) is 9.59 Å². The number of aromatic nitrogens is 5. The smallest absolute Gasteiger partial charge is 0.339 e. The van der Waals surface area contributed by atoms with Gasteiger partial charge >= 0.3 is 5.69 Å². The molecule has 1 saturated carbocycles. The van der Waals surface area contributed by atoms with Crippen LogP contribution < -0.4 is 21.1 Å². The normalized spacial score (nSPS) is 13.5. The van der Waals surface area contributed by atoms with Crippen LogP contribution in [0.1, 0.15) is 24.2 Å². The van der Waals surface area contributed by atoms with E-state index in [0.29, 0.717) is 35.4 Å². The molecule has 1 aliphatic rings. The average molecular weight is 583 g/mol. The Bertz CT molecular complexity index is 1710. The number of rotatable bonds is 12. The van der Waals surface area contributed by atoms with Crippen LogP contribution in [0.4, 0.5) is 11.5 Å². The molecule has 1 amide bonds. The molecule has 0 radical (unpaired) electrons. The van der Waals surface area contributed by atoms with Crippen LogP contribution in [0.25, 0.3) is 11.4 Å². The fraction of sp³-hybridized carbons (Fsp3) is 0.267. The van der Waals surface area contributed by atoms with Crippen molar-refractivity contribution in [2.24, 2.45) is 15.7 Å². The van der Waals surface area contributed by atoms with Crippen molar-refractivity contribution in [3.8, 4) is 17.1 Å². The van der Waals surface area contributed by atoms with Gasteiger partial charge in [0.1, 0.15) is 23.9 Å². The highest BCUT2D eigenvalue weighted by Gasteiger charge is 2.26. The molecular weight excluding hydrogens is 548 g/mol. The first-order valence-electron chi connectivity index (χ1n) is 13.7. The number of aromatic amines is 1. The minimum Gasteiger partial charge on any atom is -0.487 e. The van der Waals surface area contributed by atoms with E-state index >= 15 is 0 Å². The Morgan fingerprint density at radius 2 is 1.95 bits per heavy atom. The summed E-state index contributed by atoms with van der Waals surface area (Å²) in [6.07, 6.45) is 7.43. The van der Waals surface area contributed by atoms with Crippen LogP contribution in [-0.2, 0) is 11.4 Å². The van der Waals surface area contributed by atoms with Crippen molar-refractivity contribution >= 4 is 30.0 Å². The van der Waals surface area contributed by atoms with Crippen LogP contribution in [0.15, 0.2) is 81.7 Å². The van der Waals surface area contributed by atoms with E-state index in [-0.39, 0.29) is 29.9 Å². The molecule has 1 fully saturated rings. The van der Waals surface area contributed by atoms with Gasteiger partial charge in [-0.05, 0) is 69.1 Å². The SMILES string of the molecule is C=Nc1c(/C(N)=N\C)n(-c2ccc(OCc3cnn[nH]3)cc2)c(=O)n1-c1cccc(N(C)C(=O)/C=C/CN(C)C2CC2)c1. The van der Waals surface area contributed by atoms with E-state index in [4.69, 9.17) is 10.5 Å². The zero-order valence-corrected chi connectivity index (χ0v) is 24.3. The topological polar surface area (TPSA) is 152 Å². The standard InChI is InChI=1S/C30H34N10O3/c1-32-28(31)27-29(33-2)40(30(42)39(27)22-12-14-25(15-13-22)43-19-20-18-34-36-35-20)24-8-5-7-23(17-24)38(4)26(41)9-6-16-37(3)21-10-11-21/h5-9,12-15,17-18,21H,2,10-11,16,19H2,1,3-4H3,(H2,31,32)(H,34,35,36)/b9-6+. The molecule has 5 rings (SSSR count). The molecule has 2 aromatic heterocycles. The zero-order chi connectivity index (χ0) is 30.5. The van der Waals surface area contributed by atoms with Crippen molar-refractivity contribution in [3.63, 3.8) is 0 Å². The Kier molecular flexibility index (Phi) is 8.62. The van der Waals surface area contributed by atoms with Gasteiger partial charge in [-0.2, -0.15) is 0 Å². The number of nitrogens with zero attached hydrogens (tertiary/aromatic N) is 8. The molecule has 43 heavy (non-hydrogen) atoms. The van der Waals surface area contributed by atoms with Crippen LogP contribution in [-0.4, -0.2) is 81.6 Å². The summed E-state index contributed by atoms with van der Waals surface area (Å²) in [5.41, 5.74) is 8.48. The number of H-pyrrole nitrogens is 1. The van der Waals surface area contributed by atoms with Gasteiger partial charge in [-0.3, -0.25) is 24.4 Å². The molecule has 0 atom stereocenters. The summed E-state index contributed by atoms with van der Waals surface area (Å²) in [5.74, 6) is 0.729. The van der Waals surface area contributed by atoms with Crippen molar-refractivity contribution in [1.29, 1.82) is 0 Å². The molecule has 0 unspecified atom stereocenters. The van der Waals surface area contributed by atoms with Gasteiger partial charge in [-0.15, -0.1) is 5.10 Å². The van der Waals surface area contributed by atoms with Crippen LogP contribution in [0.3, 0.4) is 0 Å². The Morgan fingerprint density at radius 3 is 2.60 bits per heavy atom. The highest BCUT2D eigenvalue weighted by molar-refractivity contribution is 6.02. The average Bonchev–Trinajstić information content (AvgIpc) is 3.67. The number of amidine groups is 1. The van der Waals surface area contributed by atoms with E-state index in [1.165, 1.54) is 33.9 Å². The number of carbonyl (C=O) groups excluding carboxylic acids is 1. The highest BCUT2D eigenvalue weighted by Crippen LogP contribution is 2.28. The minimum absolute atomic E-state index is 0.107. The van der Waals surface area contributed by atoms with Gasteiger partial charge in [0, 0.05) is 38.4 Å². The number of hydrogen-bond acceptors (Lipinski definition) is 8. The molecule has 0 aliphatic heterocycles. The second-order valence-corrected chi connectivity index (χ2v) is 10.1. The number of anilines is 1. The lowest BCUT2D eigenvalue weighted by Crippen LogP contribution is -2.27. The lowest BCUT2D eigenvalue weighted by atomic mass is 10.2. The molecule has 1 aliphatic carbocycles. The minimum atomic E-state index is -0.435. The number of nitrogens with one attached hydrogen (secondary N) is 1. The van der Waals surface area contributed by atoms with E-state index in [1.54, 1.807) is 67.9 Å². The molecule has 2 aromatic carbocycles. The summed E-state index contributed by atoms with van der Waals surface area (Å²) in [6, 6.07) is 14.6.